The molecule has 1 aliphatic rings. The van der Waals surface area contributed by atoms with Gasteiger partial charge < -0.3 is 10.5 Å². The average molecular weight is 358 g/mol. The number of carbonyl (C=O) groups excluding carboxylic acids is 1. The summed E-state index contributed by atoms with van der Waals surface area (Å²) in [6, 6.07) is 0. The van der Waals surface area contributed by atoms with Crippen LogP contribution < -0.4 is 11.4 Å². The molecule has 8 nitrogen and oxygen atoms in total. The largest absolute Gasteiger partial charge is 0.494 e. The molecular formula is C14H18FN3O5P+. The van der Waals surface area contributed by atoms with Gasteiger partial charge in [-0.15, -0.1) is 4.52 Å². The van der Waals surface area contributed by atoms with Gasteiger partial charge in [0.1, 0.15) is 13.2 Å². The summed E-state index contributed by atoms with van der Waals surface area (Å²) in [6.45, 7) is 3.50. The lowest BCUT2D eigenvalue weighted by Gasteiger charge is -2.13. The zero-order valence-corrected chi connectivity index (χ0v) is 14.2. The molecule has 1 heterocycles. The molecule has 2 N–H and O–H groups in total. The summed E-state index contributed by atoms with van der Waals surface area (Å²) >= 11 is 0. The molecule has 0 radical (unpaired) electrons. The number of nitrogen functional groups attached to an aromatic ring is 1. The molecule has 2 atom stereocenters. The number of nitrogens with zero attached hydrogens (tertiary/aromatic N) is 2. The van der Waals surface area contributed by atoms with Crippen LogP contribution in [0.25, 0.3) is 6.20 Å². The van der Waals surface area contributed by atoms with Crippen molar-refractivity contribution in [3.05, 3.63) is 28.1 Å². The SMILES string of the molecule is CC(C)C(=O)OC[C@]1(CO[PH+]=O)C/C1=C/n1cc(F)c(N)nc1=O. The molecule has 0 spiro atoms. The summed E-state index contributed by atoms with van der Waals surface area (Å²) < 4.78 is 35.2. The van der Waals surface area contributed by atoms with Gasteiger partial charge in [0.15, 0.2) is 11.6 Å². The van der Waals surface area contributed by atoms with Crippen molar-refractivity contribution in [2.75, 3.05) is 18.9 Å². The van der Waals surface area contributed by atoms with Crippen LogP contribution in [0.1, 0.15) is 20.3 Å². The zero-order valence-electron chi connectivity index (χ0n) is 13.2. The molecule has 1 saturated carbocycles. The molecule has 24 heavy (non-hydrogen) atoms. The fraction of sp³-hybridized carbons (Fsp3) is 0.500. The maximum atomic E-state index is 13.5. The van der Waals surface area contributed by atoms with Gasteiger partial charge in [-0.05, 0) is 16.6 Å². The van der Waals surface area contributed by atoms with Crippen LogP contribution in [0.15, 0.2) is 16.6 Å². The smallest absolute Gasteiger partial charge is 0.464 e. The minimum absolute atomic E-state index is 0.0277. The Labute approximate surface area is 138 Å². The molecule has 1 unspecified atom stereocenters. The lowest BCUT2D eigenvalue weighted by Crippen LogP contribution is -2.23. The van der Waals surface area contributed by atoms with Crippen molar-refractivity contribution in [1.29, 1.82) is 0 Å². The first-order valence-corrected chi connectivity index (χ1v) is 8.01. The van der Waals surface area contributed by atoms with Crippen molar-refractivity contribution in [3.63, 3.8) is 0 Å². The van der Waals surface area contributed by atoms with Crippen molar-refractivity contribution < 1.29 is 23.0 Å². The maximum Gasteiger partial charge on any atom is 0.494 e. The van der Waals surface area contributed by atoms with Crippen LogP contribution >= 0.6 is 8.69 Å². The van der Waals surface area contributed by atoms with Crippen LogP contribution in [0.5, 0.6) is 0 Å². The predicted octanol–water partition coefficient (Wildman–Crippen LogP) is 1.35. The number of halogens is 1. The molecule has 1 aromatic heterocycles. The standard InChI is InChI=1S/C14H17FN3O5P/c1-8(2)12(19)22-6-14(7-23-24-21)3-9(14)4-18-5-10(15)11(16)17-13(18)20/h4-5,8,24H,3,6-7H2,1-2H3,(H-,16,17,20)/p+1/b9-4-/t14-/m0/s1. The lowest BCUT2D eigenvalue weighted by atomic mass is 10.1. The van der Waals surface area contributed by atoms with Crippen molar-refractivity contribution in [2.24, 2.45) is 11.3 Å². The van der Waals surface area contributed by atoms with Gasteiger partial charge in [-0.2, -0.15) is 4.98 Å². The molecule has 1 aromatic rings. The number of hydrogen-bond donors (Lipinski definition) is 1. The number of anilines is 1. The minimum Gasteiger partial charge on any atom is -0.464 e. The topological polar surface area (TPSA) is 114 Å². The second-order valence-electron chi connectivity index (χ2n) is 5.91. The van der Waals surface area contributed by atoms with E-state index in [2.05, 4.69) is 4.98 Å². The predicted molar refractivity (Wildman–Crippen MR) is 84.9 cm³/mol. The Morgan fingerprint density at radius 3 is 2.92 bits per heavy atom. The van der Waals surface area contributed by atoms with Crippen LogP contribution in [-0.2, 0) is 18.6 Å². The molecule has 0 saturated heterocycles. The first-order chi connectivity index (χ1) is 11.3. The fourth-order valence-electron chi connectivity index (χ4n) is 2.09. The van der Waals surface area contributed by atoms with Gasteiger partial charge in [-0.3, -0.25) is 9.36 Å². The molecule has 0 bridgehead atoms. The van der Waals surface area contributed by atoms with E-state index >= 15 is 0 Å². The first kappa shape index (κ1) is 18.2. The molecule has 1 aliphatic carbocycles. The van der Waals surface area contributed by atoms with E-state index in [0.717, 1.165) is 10.8 Å². The number of carbonyl (C=O) groups is 1. The van der Waals surface area contributed by atoms with E-state index in [4.69, 9.17) is 15.0 Å². The maximum absolute atomic E-state index is 13.5. The Kier molecular flexibility index (Phi) is 5.46. The van der Waals surface area contributed by atoms with Gasteiger partial charge in [0.25, 0.3) is 0 Å². The Morgan fingerprint density at radius 1 is 1.58 bits per heavy atom. The first-order valence-electron chi connectivity index (χ1n) is 7.20. The third-order valence-electron chi connectivity index (χ3n) is 3.68. The molecule has 130 valence electrons. The van der Waals surface area contributed by atoms with Gasteiger partial charge in [-0.1, -0.05) is 13.8 Å². The Morgan fingerprint density at radius 2 is 2.29 bits per heavy atom. The summed E-state index contributed by atoms with van der Waals surface area (Å²) in [5, 5.41) is 0. The van der Waals surface area contributed by atoms with Gasteiger partial charge in [0.2, 0.25) is 0 Å². The molecule has 2 rings (SSSR count). The van der Waals surface area contributed by atoms with E-state index in [1.165, 1.54) is 6.20 Å². The van der Waals surface area contributed by atoms with Gasteiger partial charge in [0, 0.05) is 6.20 Å². The van der Waals surface area contributed by atoms with Gasteiger partial charge >= 0.3 is 20.3 Å². The second-order valence-corrected chi connectivity index (χ2v) is 6.37. The molecule has 10 heteroatoms. The number of nitrogens with two attached hydrogens (primary N) is 1. The quantitative estimate of drug-likeness (QED) is 0.578. The number of ether oxygens (including phenoxy) is 1. The Balaban J connectivity index is 2.20. The van der Waals surface area contributed by atoms with Crippen LogP contribution in [0.2, 0.25) is 0 Å². The van der Waals surface area contributed by atoms with Gasteiger partial charge in [-0.25, -0.2) is 9.18 Å². The number of hydrogen-bond acceptors (Lipinski definition) is 7. The van der Waals surface area contributed by atoms with E-state index in [1.807, 2.05) is 0 Å². The van der Waals surface area contributed by atoms with Crippen LogP contribution in [0.3, 0.4) is 0 Å². The highest BCUT2D eigenvalue weighted by Gasteiger charge is 2.52. The third-order valence-corrected chi connectivity index (χ3v) is 3.95. The van der Waals surface area contributed by atoms with E-state index in [-0.39, 0.29) is 25.1 Å². The van der Waals surface area contributed by atoms with Crippen LogP contribution in [0, 0.1) is 17.2 Å². The summed E-state index contributed by atoms with van der Waals surface area (Å²) in [4.78, 5) is 26.7. The minimum atomic E-state index is -0.958. The highest BCUT2D eigenvalue weighted by molar-refractivity contribution is 7.17. The third kappa shape index (κ3) is 4.04. The average Bonchev–Trinajstić information content (AvgIpc) is 3.21. The summed E-state index contributed by atoms with van der Waals surface area (Å²) in [7, 11) is -0.958. The summed E-state index contributed by atoms with van der Waals surface area (Å²) in [6.07, 6.45) is 2.79. The summed E-state index contributed by atoms with van der Waals surface area (Å²) in [5.74, 6) is -1.95. The molecular weight excluding hydrogens is 340 g/mol. The normalized spacial score (nSPS) is 21.4. The molecule has 0 aromatic carbocycles. The molecule has 0 amide bonds. The highest BCUT2D eigenvalue weighted by Crippen LogP contribution is 2.53. The van der Waals surface area contributed by atoms with Crippen molar-refractivity contribution in [2.45, 2.75) is 20.3 Å². The second kappa shape index (κ2) is 7.19. The van der Waals surface area contributed by atoms with Gasteiger partial charge in [0.05, 0.1) is 17.5 Å². The molecule has 0 aliphatic heterocycles. The fourth-order valence-corrected chi connectivity index (χ4v) is 2.43. The van der Waals surface area contributed by atoms with Crippen LogP contribution in [-0.4, -0.2) is 28.7 Å². The highest BCUT2D eigenvalue weighted by atomic mass is 31.1. The summed E-state index contributed by atoms with van der Waals surface area (Å²) in [5.41, 5.74) is 4.54. The van der Waals surface area contributed by atoms with E-state index in [0.29, 0.717) is 12.0 Å². The van der Waals surface area contributed by atoms with Crippen molar-refractivity contribution >= 4 is 26.7 Å². The van der Waals surface area contributed by atoms with Crippen molar-refractivity contribution in [3.8, 4) is 0 Å². The number of rotatable bonds is 7. The lowest BCUT2D eigenvalue weighted by molar-refractivity contribution is -0.149. The zero-order chi connectivity index (χ0) is 17.9. The Bertz CT molecular complexity index is 748. The van der Waals surface area contributed by atoms with Crippen LogP contribution in [0.4, 0.5) is 10.2 Å². The number of esters is 1. The van der Waals surface area contributed by atoms with E-state index in [1.54, 1.807) is 13.8 Å². The van der Waals surface area contributed by atoms with Crippen molar-refractivity contribution in [1.82, 2.24) is 9.55 Å². The number of aromatic nitrogens is 2. The molecule has 1 fully saturated rings. The van der Waals surface area contributed by atoms with E-state index < -0.39 is 31.4 Å². The Hall–Kier alpha value is -2.12. The monoisotopic (exact) mass is 358 g/mol. The van der Waals surface area contributed by atoms with E-state index in [9.17, 15) is 18.5 Å².